The third-order valence-electron chi connectivity index (χ3n) is 4.65. The van der Waals surface area contributed by atoms with Crippen LogP contribution in [-0.2, 0) is 17.6 Å². The summed E-state index contributed by atoms with van der Waals surface area (Å²) < 4.78 is 1.17. The number of thiazole rings is 1. The van der Waals surface area contributed by atoms with Crippen LogP contribution in [0.25, 0.3) is 10.9 Å². The summed E-state index contributed by atoms with van der Waals surface area (Å²) >= 11 is 1.53. The van der Waals surface area contributed by atoms with Crippen LogP contribution in [-0.4, -0.2) is 25.9 Å². The first kappa shape index (κ1) is 16.8. The maximum absolute atomic E-state index is 12.8. The molecule has 0 bridgehead atoms. The lowest BCUT2D eigenvalue weighted by Crippen LogP contribution is -2.35. The molecule has 0 unspecified atom stereocenters. The molecule has 0 saturated heterocycles. The topological polar surface area (TPSA) is 89.8 Å². The lowest BCUT2D eigenvalue weighted by atomic mass is 10.0. The molecule has 1 aliphatic carbocycles. The van der Waals surface area contributed by atoms with Crippen molar-refractivity contribution in [3.63, 3.8) is 0 Å². The molecule has 26 heavy (non-hydrogen) atoms. The smallest absolute Gasteiger partial charge is 0.278 e. The third kappa shape index (κ3) is 3.01. The van der Waals surface area contributed by atoms with Crippen molar-refractivity contribution in [3.05, 3.63) is 45.2 Å². The van der Waals surface area contributed by atoms with E-state index in [2.05, 4.69) is 20.6 Å². The Morgan fingerprint density at radius 2 is 2.12 bits per heavy atom. The molecular weight excluding hydrogens is 350 g/mol. The van der Waals surface area contributed by atoms with Gasteiger partial charge in [-0.15, -0.1) is 16.4 Å². The van der Waals surface area contributed by atoms with Gasteiger partial charge in [-0.25, -0.2) is 4.98 Å². The summed E-state index contributed by atoms with van der Waals surface area (Å²) in [6.07, 6.45) is 4.74. The van der Waals surface area contributed by atoms with Crippen molar-refractivity contribution in [2.45, 2.75) is 45.1 Å². The molecule has 4 rings (SSSR count). The van der Waals surface area contributed by atoms with E-state index in [1.54, 1.807) is 24.3 Å². The van der Waals surface area contributed by atoms with Crippen molar-refractivity contribution >= 4 is 33.3 Å². The molecule has 1 aromatic carbocycles. The van der Waals surface area contributed by atoms with Crippen LogP contribution in [0.2, 0.25) is 0 Å². The highest BCUT2D eigenvalue weighted by atomic mass is 32.1. The average molecular weight is 369 g/mol. The van der Waals surface area contributed by atoms with E-state index in [0.29, 0.717) is 22.5 Å². The largest absolute Gasteiger partial charge is 0.300 e. The fraction of sp³-hybridized carbons (Fsp3) is 0.389. The van der Waals surface area contributed by atoms with Crippen LogP contribution in [0.4, 0.5) is 5.13 Å². The highest BCUT2D eigenvalue weighted by Gasteiger charge is 2.24. The van der Waals surface area contributed by atoms with Gasteiger partial charge in [0.25, 0.3) is 11.5 Å². The van der Waals surface area contributed by atoms with Gasteiger partial charge in [0.2, 0.25) is 0 Å². The number of nitrogens with zero attached hydrogens (tertiary/aromatic N) is 4. The van der Waals surface area contributed by atoms with Crippen molar-refractivity contribution in [1.82, 2.24) is 20.0 Å². The molecule has 2 aromatic heterocycles. The van der Waals surface area contributed by atoms with Gasteiger partial charge < -0.3 is 5.32 Å². The van der Waals surface area contributed by atoms with Gasteiger partial charge >= 0.3 is 0 Å². The highest BCUT2D eigenvalue weighted by molar-refractivity contribution is 7.15. The number of carbonyl (C=O) groups is 1. The molecule has 1 amide bonds. The molecule has 3 aromatic rings. The summed E-state index contributed by atoms with van der Waals surface area (Å²) in [5, 5.41) is 12.0. The highest BCUT2D eigenvalue weighted by Crippen LogP contribution is 2.30. The second-order valence-electron chi connectivity index (χ2n) is 6.37. The molecule has 1 N–H and O–H groups in total. The molecule has 0 saturated carbocycles. The number of aryl methyl sites for hydroxylation is 2. The second-order valence-corrected chi connectivity index (χ2v) is 7.45. The molecule has 134 valence electrons. The Bertz CT molecular complexity index is 1000. The van der Waals surface area contributed by atoms with Crippen LogP contribution in [0.5, 0.6) is 0 Å². The quantitative estimate of drug-likeness (QED) is 0.764. The first-order chi connectivity index (χ1) is 12.7. The Morgan fingerprint density at radius 3 is 2.92 bits per heavy atom. The lowest BCUT2D eigenvalue weighted by molar-refractivity contribution is -0.119. The molecule has 1 aliphatic rings. The van der Waals surface area contributed by atoms with Crippen molar-refractivity contribution in [2.75, 3.05) is 5.32 Å². The fourth-order valence-corrected chi connectivity index (χ4v) is 4.32. The molecular formula is C18H19N5O2S. The Morgan fingerprint density at radius 1 is 1.31 bits per heavy atom. The molecule has 2 heterocycles. The maximum atomic E-state index is 12.8. The van der Waals surface area contributed by atoms with E-state index < -0.39 is 6.04 Å². The van der Waals surface area contributed by atoms with E-state index in [0.717, 1.165) is 25.0 Å². The summed E-state index contributed by atoms with van der Waals surface area (Å²) in [7, 11) is 0. The number of hydrogen-bond donors (Lipinski definition) is 1. The molecule has 0 aliphatic heterocycles. The van der Waals surface area contributed by atoms with Crippen molar-refractivity contribution in [1.29, 1.82) is 0 Å². The third-order valence-corrected chi connectivity index (χ3v) is 5.72. The van der Waals surface area contributed by atoms with Gasteiger partial charge in [-0.2, -0.15) is 4.68 Å². The minimum atomic E-state index is -0.722. The van der Waals surface area contributed by atoms with Crippen LogP contribution in [0.15, 0.2) is 29.1 Å². The van der Waals surface area contributed by atoms with E-state index in [1.165, 1.54) is 27.3 Å². The molecule has 0 radical (unpaired) electrons. The van der Waals surface area contributed by atoms with Crippen LogP contribution < -0.4 is 10.9 Å². The van der Waals surface area contributed by atoms with Crippen LogP contribution >= 0.6 is 11.3 Å². The number of anilines is 1. The zero-order valence-corrected chi connectivity index (χ0v) is 15.3. The van der Waals surface area contributed by atoms with Gasteiger partial charge in [-0.05, 0) is 44.2 Å². The van der Waals surface area contributed by atoms with Gasteiger partial charge in [-0.3, -0.25) is 9.59 Å². The zero-order valence-electron chi connectivity index (χ0n) is 14.4. The molecule has 0 spiro atoms. The summed E-state index contributed by atoms with van der Waals surface area (Å²) in [6.45, 7) is 1.85. The summed E-state index contributed by atoms with van der Waals surface area (Å²) in [5.74, 6) is -0.287. The number of fused-ring (bicyclic) bond motifs is 2. The van der Waals surface area contributed by atoms with Crippen molar-refractivity contribution in [2.24, 2.45) is 0 Å². The van der Waals surface area contributed by atoms with Gasteiger partial charge in [0.05, 0.1) is 11.1 Å². The number of amides is 1. The van der Waals surface area contributed by atoms with Crippen molar-refractivity contribution in [3.8, 4) is 0 Å². The monoisotopic (exact) mass is 369 g/mol. The maximum Gasteiger partial charge on any atom is 0.278 e. The predicted octanol–water partition coefficient (Wildman–Crippen LogP) is 2.72. The minimum Gasteiger partial charge on any atom is -0.300 e. The van der Waals surface area contributed by atoms with Crippen LogP contribution in [0, 0.1) is 0 Å². The van der Waals surface area contributed by atoms with Gasteiger partial charge in [0.1, 0.15) is 11.6 Å². The van der Waals surface area contributed by atoms with Crippen LogP contribution in [0.3, 0.4) is 0 Å². The Kier molecular flexibility index (Phi) is 4.50. The fourth-order valence-electron chi connectivity index (χ4n) is 3.27. The van der Waals surface area contributed by atoms with Gasteiger partial charge in [-0.1, -0.05) is 24.3 Å². The summed E-state index contributed by atoms with van der Waals surface area (Å²) in [6, 6.07) is 6.28. The molecule has 0 fully saturated rings. The van der Waals surface area contributed by atoms with Crippen LogP contribution in [0.1, 0.15) is 42.8 Å². The predicted molar refractivity (Wildman–Crippen MR) is 101 cm³/mol. The van der Waals surface area contributed by atoms with E-state index >= 15 is 0 Å². The van der Waals surface area contributed by atoms with E-state index in [1.807, 2.05) is 6.92 Å². The Balaban J connectivity index is 1.62. The van der Waals surface area contributed by atoms with Gasteiger partial charge in [0.15, 0.2) is 5.13 Å². The molecule has 7 nitrogen and oxygen atoms in total. The standard InChI is InChI=1S/C18H19N5O2S/c1-2-14(23-17(25)11-7-3-4-8-12(11)21-22-23)16(24)20-18-19-13-9-5-6-10-15(13)26-18/h3-4,7-8,14H,2,5-6,9-10H2,1H3,(H,19,20,24)/t14-/m1/s1. The van der Waals surface area contributed by atoms with E-state index in [4.69, 9.17) is 0 Å². The molecule has 8 heteroatoms. The second kappa shape index (κ2) is 6.95. The summed E-state index contributed by atoms with van der Waals surface area (Å²) in [4.78, 5) is 31.3. The van der Waals surface area contributed by atoms with Crippen molar-refractivity contribution < 1.29 is 4.79 Å². The number of nitrogens with one attached hydrogen (secondary N) is 1. The Hall–Kier alpha value is -2.61. The van der Waals surface area contributed by atoms with E-state index in [-0.39, 0.29) is 11.5 Å². The lowest BCUT2D eigenvalue weighted by Gasteiger charge is -2.15. The normalized spacial score (nSPS) is 14.8. The average Bonchev–Trinajstić information content (AvgIpc) is 3.06. The number of rotatable bonds is 4. The zero-order chi connectivity index (χ0) is 18.1. The molecule has 1 atom stereocenters. The number of carbonyl (C=O) groups excluding carboxylic acids is 1. The number of hydrogen-bond acceptors (Lipinski definition) is 6. The number of aromatic nitrogens is 4. The SMILES string of the molecule is CC[C@H](C(=O)Nc1nc2c(s1)CCCC2)n1nnc2ccccc2c1=O. The summed E-state index contributed by atoms with van der Waals surface area (Å²) in [5.41, 5.74) is 1.31. The number of benzene rings is 1. The minimum absolute atomic E-state index is 0.287. The van der Waals surface area contributed by atoms with Gasteiger partial charge in [0, 0.05) is 4.88 Å². The first-order valence-electron chi connectivity index (χ1n) is 8.81. The Labute approximate surface area is 154 Å². The first-order valence-corrected chi connectivity index (χ1v) is 9.62. The van der Waals surface area contributed by atoms with E-state index in [9.17, 15) is 9.59 Å².